The lowest BCUT2D eigenvalue weighted by Crippen LogP contribution is -2.23. The lowest BCUT2D eigenvalue weighted by molar-refractivity contribution is 0.174. The Bertz CT molecular complexity index is 1370. The molecule has 2 aromatic heterocycles. The number of nitrogens with zero attached hydrogens (tertiary/aromatic N) is 3. The van der Waals surface area contributed by atoms with Gasteiger partial charge in [0, 0.05) is 5.56 Å². The van der Waals surface area contributed by atoms with Gasteiger partial charge in [-0.15, -0.1) is 5.10 Å². The first-order valence-corrected chi connectivity index (χ1v) is 9.53. The summed E-state index contributed by atoms with van der Waals surface area (Å²) >= 11 is 13.0. The Kier molecular flexibility index (Phi) is 4.01. The van der Waals surface area contributed by atoms with Crippen LogP contribution in [0.25, 0.3) is 22.4 Å². The summed E-state index contributed by atoms with van der Waals surface area (Å²) in [5.41, 5.74) is 0.719. The third-order valence-corrected chi connectivity index (χ3v) is 5.69. The maximum atomic E-state index is 13.8. The van der Waals surface area contributed by atoms with E-state index in [1.54, 1.807) is 18.2 Å². The van der Waals surface area contributed by atoms with Gasteiger partial charge >= 0.3 is 0 Å². The molecule has 1 aliphatic rings. The maximum Gasteiger partial charge on any atom is 0.291 e. The largest absolute Gasteiger partial charge is 0.454 e. The number of hydrogen-bond acceptors (Lipinski definition) is 6. The fourth-order valence-corrected chi connectivity index (χ4v) is 4.17. The van der Waals surface area contributed by atoms with Gasteiger partial charge in [-0.3, -0.25) is 4.79 Å². The molecule has 6 nitrogen and oxygen atoms in total. The molecule has 2 aromatic carbocycles. The predicted octanol–water partition coefficient (Wildman–Crippen LogP) is 3.54. The number of ether oxygens (including phenoxy) is 2. The monoisotopic (exact) mass is 435 g/mol. The Hall–Kier alpha value is -2.68. The van der Waals surface area contributed by atoms with E-state index in [4.69, 9.17) is 32.7 Å². The fraction of sp³-hybridized carbons (Fsp3) is 0.0556. The van der Waals surface area contributed by atoms with Crippen LogP contribution in [0.5, 0.6) is 11.5 Å². The summed E-state index contributed by atoms with van der Waals surface area (Å²) in [5.74, 6) is 0.804. The van der Waals surface area contributed by atoms with Crippen molar-refractivity contribution in [1.82, 2.24) is 14.6 Å². The summed E-state index contributed by atoms with van der Waals surface area (Å²) in [4.78, 5) is 17.4. The highest BCUT2D eigenvalue weighted by Gasteiger charge is 2.17. The molecular weight excluding hydrogens is 428 g/mol. The molecule has 5 rings (SSSR count). The highest BCUT2D eigenvalue weighted by atomic mass is 35.5. The molecule has 0 atom stereocenters. The fourth-order valence-electron chi connectivity index (χ4n) is 2.80. The van der Waals surface area contributed by atoms with Crippen LogP contribution in [0.15, 0.2) is 35.1 Å². The van der Waals surface area contributed by atoms with Crippen LogP contribution in [0.1, 0.15) is 5.56 Å². The summed E-state index contributed by atoms with van der Waals surface area (Å²) in [6.07, 6.45) is 1.72. The van der Waals surface area contributed by atoms with Crippen LogP contribution >= 0.6 is 34.5 Å². The first-order chi connectivity index (χ1) is 13.5. The van der Waals surface area contributed by atoms with E-state index in [0.29, 0.717) is 21.0 Å². The second-order valence-electron chi connectivity index (χ2n) is 5.90. The van der Waals surface area contributed by atoms with Crippen LogP contribution in [0.3, 0.4) is 0 Å². The molecular formula is C18H8Cl2FN3O3S. The van der Waals surface area contributed by atoms with Gasteiger partial charge in [0.05, 0.1) is 14.6 Å². The average molecular weight is 436 g/mol. The van der Waals surface area contributed by atoms with Crippen LogP contribution in [0.2, 0.25) is 10.0 Å². The zero-order chi connectivity index (χ0) is 19.4. The van der Waals surface area contributed by atoms with Crippen molar-refractivity contribution < 1.29 is 13.9 Å². The van der Waals surface area contributed by atoms with Crippen molar-refractivity contribution in [3.05, 3.63) is 66.6 Å². The number of hydrogen-bond donors (Lipinski definition) is 0. The standard InChI is InChI=1S/C18H8Cl2FN3O3S/c19-10-6-11(20)12(21)5-9(10)16-22-18-24(23-16)17(25)15(28-18)4-8-1-2-13-14(3-8)27-7-26-13/h1-6H,7H2. The van der Waals surface area contributed by atoms with E-state index >= 15 is 0 Å². The average Bonchev–Trinajstić information content (AvgIpc) is 3.35. The molecule has 0 saturated heterocycles. The minimum Gasteiger partial charge on any atom is -0.454 e. The van der Waals surface area contributed by atoms with Crippen molar-refractivity contribution in [3.63, 3.8) is 0 Å². The van der Waals surface area contributed by atoms with Gasteiger partial charge in [-0.05, 0) is 35.9 Å². The lowest BCUT2D eigenvalue weighted by atomic mass is 10.2. The van der Waals surface area contributed by atoms with Gasteiger partial charge in [-0.1, -0.05) is 40.6 Å². The number of aromatic nitrogens is 3. The Morgan fingerprint density at radius 3 is 2.79 bits per heavy atom. The topological polar surface area (TPSA) is 65.7 Å². The molecule has 3 heterocycles. The first kappa shape index (κ1) is 17.4. The Morgan fingerprint density at radius 1 is 1.14 bits per heavy atom. The molecule has 4 aromatic rings. The molecule has 0 bridgehead atoms. The third-order valence-electron chi connectivity index (χ3n) is 4.13. The lowest BCUT2D eigenvalue weighted by Gasteiger charge is -2.01. The Labute approximate surface area is 170 Å². The summed E-state index contributed by atoms with van der Waals surface area (Å²) in [6, 6.07) is 7.82. The summed E-state index contributed by atoms with van der Waals surface area (Å²) < 4.78 is 26.0. The quantitative estimate of drug-likeness (QED) is 0.450. The summed E-state index contributed by atoms with van der Waals surface area (Å²) in [7, 11) is 0. The van der Waals surface area contributed by atoms with E-state index in [2.05, 4.69) is 10.1 Å². The van der Waals surface area contributed by atoms with Gasteiger partial charge in [-0.2, -0.15) is 9.50 Å². The van der Waals surface area contributed by atoms with E-state index in [1.165, 1.54) is 21.9 Å². The zero-order valence-electron chi connectivity index (χ0n) is 13.8. The van der Waals surface area contributed by atoms with E-state index in [9.17, 15) is 9.18 Å². The Balaban J connectivity index is 1.59. The predicted molar refractivity (Wildman–Crippen MR) is 104 cm³/mol. The Morgan fingerprint density at radius 2 is 1.96 bits per heavy atom. The van der Waals surface area contributed by atoms with Crippen LogP contribution in [-0.2, 0) is 0 Å². The number of fused-ring (bicyclic) bond motifs is 2. The molecule has 1 aliphatic heterocycles. The number of thiazole rings is 1. The van der Waals surface area contributed by atoms with Crippen LogP contribution < -0.4 is 19.6 Å². The minimum atomic E-state index is -0.640. The molecule has 0 radical (unpaired) electrons. The second kappa shape index (κ2) is 6.44. The van der Waals surface area contributed by atoms with Gasteiger partial charge in [0.1, 0.15) is 5.82 Å². The van der Waals surface area contributed by atoms with Crippen molar-refractivity contribution >= 4 is 45.6 Å². The molecule has 0 saturated carbocycles. The molecule has 0 N–H and O–H groups in total. The van der Waals surface area contributed by atoms with Crippen LogP contribution in [0.4, 0.5) is 4.39 Å². The highest BCUT2D eigenvalue weighted by molar-refractivity contribution is 7.15. The van der Waals surface area contributed by atoms with Crippen molar-refractivity contribution in [2.75, 3.05) is 6.79 Å². The minimum absolute atomic E-state index is 0.0973. The van der Waals surface area contributed by atoms with Crippen molar-refractivity contribution in [2.24, 2.45) is 0 Å². The molecule has 0 fully saturated rings. The summed E-state index contributed by atoms with van der Waals surface area (Å²) in [5, 5.41) is 4.28. The molecule has 28 heavy (non-hydrogen) atoms. The van der Waals surface area contributed by atoms with Gasteiger partial charge in [0.15, 0.2) is 17.3 Å². The molecule has 0 aliphatic carbocycles. The number of rotatable bonds is 2. The number of halogens is 3. The maximum absolute atomic E-state index is 13.8. The molecule has 0 spiro atoms. The number of benzene rings is 2. The third kappa shape index (κ3) is 2.81. The second-order valence-corrected chi connectivity index (χ2v) is 7.73. The van der Waals surface area contributed by atoms with E-state index in [1.807, 2.05) is 6.07 Å². The molecule has 10 heteroatoms. The van der Waals surface area contributed by atoms with E-state index in [0.717, 1.165) is 11.6 Å². The van der Waals surface area contributed by atoms with Gasteiger partial charge in [-0.25, -0.2) is 4.39 Å². The smallest absolute Gasteiger partial charge is 0.291 e. The van der Waals surface area contributed by atoms with Gasteiger partial charge in [0.2, 0.25) is 11.8 Å². The highest BCUT2D eigenvalue weighted by Crippen LogP contribution is 2.33. The first-order valence-electron chi connectivity index (χ1n) is 7.95. The SMILES string of the molecule is O=c1c(=Cc2ccc3c(c2)OCO3)sc2nc(-c3cc(F)c(Cl)cc3Cl)nn12. The van der Waals surface area contributed by atoms with E-state index in [-0.39, 0.29) is 33.8 Å². The molecule has 140 valence electrons. The zero-order valence-corrected chi connectivity index (χ0v) is 16.1. The van der Waals surface area contributed by atoms with Crippen LogP contribution in [-0.4, -0.2) is 21.4 Å². The van der Waals surface area contributed by atoms with Crippen molar-refractivity contribution in [2.45, 2.75) is 0 Å². The summed E-state index contributed by atoms with van der Waals surface area (Å²) in [6.45, 7) is 0.180. The molecule has 0 unspecified atom stereocenters. The van der Waals surface area contributed by atoms with Crippen molar-refractivity contribution in [3.8, 4) is 22.9 Å². The van der Waals surface area contributed by atoms with Crippen LogP contribution in [0, 0.1) is 5.82 Å². The van der Waals surface area contributed by atoms with Gasteiger partial charge < -0.3 is 9.47 Å². The normalized spacial score (nSPS) is 13.6. The van der Waals surface area contributed by atoms with Crippen molar-refractivity contribution in [1.29, 1.82) is 0 Å². The van der Waals surface area contributed by atoms with Gasteiger partial charge in [0.25, 0.3) is 5.56 Å². The van der Waals surface area contributed by atoms with E-state index < -0.39 is 5.82 Å². The molecule has 0 amide bonds.